The first kappa shape index (κ1) is 14.5. The third-order valence-corrected chi connectivity index (χ3v) is 4.90. The fourth-order valence-corrected chi connectivity index (χ4v) is 3.28. The van der Waals surface area contributed by atoms with Crippen molar-refractivity contribution in [2.75, 3.05) is 19.6 Å². The summed E-state index contributed by atoms with van der Waals surface area (Å²) in [6.07, 6.45) is 3.99. The number of likely N-dealkylation sites (tertiary alicyclic amines) is 1. The molecular formula is C17H28N2. The van der Waals surface area contributed by atoms with Gasteiger partial charge >= 0.3 is 0 Å². The summed E-state index contributed by atoms with van der Waals surface area (Å²) in [4.78, 5) is 2.59. The summed E-state index contributed by atoms with van der Waals surface area (Å²) >= 11 is 0. The highest BCUT2D eigenvalue weighted by Crippen LogP contribution is 2.29. The van der Waals surface area contributed by atoms with Gasteiger partial charge < -0.3 is 5.73 Å². The molecule has 2 N–H and O–H groups in total. The largest absolute Gasteiger partial charge is 0.329 e. The lowest BCUT2D eigenvalue weighted by atomic mass is 9.90. The van der Waals surface area contributed by atoms with Crippen LogP contribution in [0.2, 0.25) is 0 Å². The maximum absolute atomic E-state index is 6.08. The van der Waals surface area contributed by atoms with Crippen LogP contribution in [0.4, 0.5) is 0 Å². The Morgan fingerprint density at radius 2 is 1.95 bits per heavy atom. The Hall–Kier alpha value is -0.860. The van der Waals surface area contributed by atoms with E-state index >= 15 is 0 Å². The van der Waals surface area contributed by atoms with Crippen LogP contribution in [-0.2, 0) is 0 Å². The topological polar surface area (TPSA) is 29.3 Å². The molecule has 2 rings (SSSR count). The second-order valence-corrected chi connectivity index (χ2v) is 5.93. The number of aryl methyl sites for hydroxylation is 1. The van der Waals surface area contributed by atoms with Gasteiger partial charge in [0.2, 0.25) is 0 Å². The molecule has 1 heterocycles. The lowest BCUT2D eigenvalue weighted by molar-refractivity contribution is 0.133. The molecule has 0 amide bonds. The van der Waals surface area contributed by atoms with Crippen molar-refractivity contribution in [1.29, 1.82) is 0 Å². The molecule has 1 fully saturated rings. The van der Waals surface area contributed by atoms with E-state index in [1.54, 1.807) is 0 Å². The van der Waals surface area contributed by atoms with Gasteiger partial charge in [-0.05, 0) is 62.4 Å². The van der Waals surface area contributed by atoms with Crippen LogP contribution in [0.3, 0.4) is 0 Å². The lowest BCUT2D eigenvalue weighted by Crippen LogP contribution is -2.40. The van der Waals surface area contributed by atoms with Crippen LogP contribution in [0.15, 0.2) is 18.2 Å². The molecule has 2 nitrogen and oxygen atoms in total. The number of nitrogens with zero attached hydrogens (tertiary/aromatic N) is 1. The standard InChI is InChI=1S/C17H28N2/c1-4-15-8-10-19(11-9-15)17(12-18)16-7-5-6-13(2)14(16)3/h5-7,15,17H,4,8-12,18H2,1-3H3. The lowest BCUT2D eigenvalue weighted by Gasteiger charge is -2.37. The third kappa shape index (κ3) is 3.18. The molecule has 0 spiro atoms. The molecule has 1 aliphatic heterocycles. The van der Waals surface area contributed by atoms with Gasteiger partial charge in [-0.2, -0.15) is 0 Å². The third-order valence-electron chi connectivity index (χ3n) is 4.90. The Kier molecular flexibility index (Phi) is 5.00. The number of rotatable bonds is 4. The first-order valence-corrected chi connectivity index (χ1v) is 7.67. The molecular weight excluding hydrogens is 232 g/mol. The van der Waals surface area contributed by atoms with E-state index in [1.165, 1.54) is 49.0 Å². The molecule has 19 heavy (non-hydrogen) atoms. The molecule has 1 aromatic rings. The van der Waals surface area contributed by atoms with Crippen LogP contribution in [0.1, 0.15) is 48.9 Å². The van der Waals surface area contributed by atoms with E-state index in [2.05, 4.69) is 43.9 Å². The Labute approximate surface area is 118 Å². The summed E-state index contributed by atoms with van der Waals surface area (Å²) in [5.74, 6) is 0.924. The maximum atomic E-state index is 6.08. The molecule has 0 radical (unpaired) electrons. The quantitative estimate of drug-likeness (QED) is 0.898. The summed E-state index contributed by atoms with van der Waals surface area (Å²) in [5.41, 5.74) is 10.3. The maximum Gasteiger partial charge on any atom is 0.0473 e. The molecule has 106 valence electrons. The van der Waals surface area contributed by atoms with Crippen LogP contribution >= 0.6 is 0 Å². The zero-order valence-corrected chi connectivity index (χ0v) is 12.7. The van der Waals surface area contributed by atoms with E-state index in [1.807, 2.05) is 0 Å². The van der Waals surface area contributed by atoms with Crippen molar-refractivity contribution in [3.8, 4) is 0 Å². The molecule has 0 aliphatic carbocycles. The highest BCUT2D eigenvalue weighted by atomic mass is 15.2. The molecule has 1 atom stereocenters. The van der Waals surface area contributed by atoms with Crippen LogP contribution in [0.5, 0.6) is 0 Å². The molecule has 0 aromatic heterocycles. The van der Waals surface area contributed by atoms with Gasteiger partial charge in [-0.15, -0.1) is 0 Å². The molecule has 0 saturated carbocycles. The van der Waals surface area contributed by atoms with Gasteiger partial charge in [0.05, 0.1) is 0 Å². The minimum atomic E-state index is 0.401. The zero-order chi connectivity index (χ0) is 13.8. The molecule has 1 unspecified atom stereocenters. The predicted octanol–water partition coefficient (Wildman–Crippen LogP) is 3.43. The normalized spacial score (nSPS) is 19.6. The summed E-state index contributed by atoms with van der Waals surface area (Å²) < 4.78 is 0. The Balaban J connectivity index is 2.14. The number of benzene rings is 1. The van der Waals surface area contributed by atoms with E-state index in [9.17, 15) is 0 Å². The van der Waals surface area contributed by atoms with Crippen molar-refractivity contribution in [1.82, 2.24) is 4.90 Å². The SMILES string of the molecule is CCC1CCN(C(CN)c2cccc(C)c2C)CC1. The Morgan fingerprint density at radius 3 is 2.53 bits per heavy atom. The fraction of sp³-hybridized carbons (Fsp3) is 0.647. The minimum absolute atomic E-state index is 0.401. The van der Waals surface area contributed by atoms with Crippen molar-refractivity contribution in [3.05, 3.63) is 34.9 Å². The Morgan fingerprint density at radius 1 is 1.26 bits per heavy atom. The van der Waals surface area contributed by atoms with Crippen LogP contribution in [0, 0.1) is 19.8 Å². The first-order chi connectivity index (χ1) is 9.17. The van der Waals surface area contributed by atoms with E-state index in [0.29, 0.717) is 6.04 Å². The number of hydrogen-bond donors (Lipinski definition) is 1. The average molecular weight is 260 g/mol. The van der Waals surface area contributed by atoms with Crippen LogP contribution in [0.25, 0.3) is 0 Å². The number of piperidine rings is 1. The first-order valence-electron chi connectivity index (χ1n) is 7.67. The van der Waals surface area contributed by atoms with Crippen LogP contribution < -0.4 is 5.73 Å². The monoisotopic (exact) mass is 260 g/mol. The second kappa shape index (κ2) is 6.53. The van der Waals surface area contributed by atoms with Crippen LogP contribution in [-0.4, -0.2) is 24.5 Å². The van der Waals surface area contributed by atoms with E-state index in [0.717, 1.165) is 12.5 Å². The molecule has 2 heteroatoms. The zero-order valence-electron chi connectivity index (χ0n) is 12.7. The van der Waals surface area contributed by atoms with Crippen molar-refractivity contribution >= 4 is 0 Å². The van der Waals surface area contributed by atoms with Gasteiger partial charge in [0.25, 0.3) is 0 Å². The van der Waals surface area contributed by atoms with E-state index in [4.69, 9.17) is 5.73 Å². The van der Waals surface area contributed by atoms with Gasteiger partial charge in [-0.3, -0.25) is 4.90 Å². The Bertz CT molecular complexity index is 406. The van der Waals surface area contributed by atoms with Gasteiger partial charge in [0, 0.05) is 12.6 Å². The highest BCUT2D eigenvalue weighted by molar-refractivity contribution is 5.35. The summed E-state index contributed by atoms with van der Waals surface area (Å²) in [5, 5.41) is 0. The van der Waals surface area contributed by atoms with E-state index < -0.39 is 0 Å². The minimum Gasteiger partial charge on any atom is -0.329 e. The smallest absolute Gasteiger partial charge is 0.0473 e. The molecule has 1 saturated heterocycles. The molecule has 1 aliphatic rings. The van der Waals surface area contributed by atoms with Gasteiger partial charge in [-0.25, -0.2) is 0 Å². The summed E-state index contributed by atoms with van der Waals surface area (Å²) in [6.45, 7) is 9.86. The van der Waals surface area contributed by atoms with Crippen molar-refractivity contribution in [3.63, 3.8) is 0 Å². The molecule has 1 aromatic carbocycles. The number of hydrogen-bond acceptors (Lipinski definition) is 2. The van der Waals surface area contributed by atoms with Gasteiger partial charge in [-0.1, -0.05) is 31.5 Å². The van der Waals surface area contributed by atoms with E-state index in [-0.39, 0.29) is 0 Å². The summed E-state index contributed by atoms with van der Waals surface area (Å²) in [6, 6.07) is 7.01. The fourth-order valence-electron chi connectivity index (χ4n) is 3.28. The van der Waals surface area contributed by atoms with Crippen molar-refractivity contribution in [2.45, 2.75) is 46.1 Å². The van der Waals surface area contributed by atoms with Gasteiger partial charge in [0.1, 0.15) is 0 Å². The molecule has 0 bridgehead atoms. The second-order valence-electron chi connectivity index (χ2n) is 5.93. The number of nitrogens with two attached hydrogens (primary N) is 1. The van der Waals surface area contributed by atoms with Gasteiger partial charge in [0.15, 0.2) is 0 Å². The average Bonchev–Trinajstić information content (AvgIpc) is 2.45. The highest BCUT2D eigenvalue weighted by Gasteiger charge is 2.25. The van der Waals surface area contributed by atoms with Crippen molar-refractivity contribution in [2.24, 2.45) is 11.7 Å². The predicted molar refractivity (Wildman–Crippen MR) is 82.3 cm³/mol. The summed E-state index contributed by atoms with van der Waals surface area (Å²) in [7, 11) is 0. The van der Waals surface area contributed by atoms with Crippen molar-refractivity contribution < 1.29 is 0 Å².